The zero-order valence-electron chi connectivity index (χ0n) is 22.7. The van der Waals surface area contributed by atoms with Crippen molar-refractivity contribution in [2.45, 2.75) is 64.5 Å². The number of fused-ring (bicyclic) bond motifs is 1. The molecular weight excluding hydrogens is 478 g/mol. The molecule has 1 aromatic heterocycles. The molecule has 2 aliphatic rings. The molecule has 202 valence electrons. The minimum atomic E-state index is -0.369. The summed E-state index contributed by atoms with van der Waals surface area (Å²) in [5, 5.41) is 9.89. The van der Waals surface area contributed by atoms with Gasteiger partial charge < -0.3 is 19.6 Å². The number of carbonyl (C=O) groups excluding carboxylic acids is 2. The molecule has 1 aliphatic heterocycles. The van der Waals surface area contributed by atoms with E-state index in [9.17, 15) is 14.7 Å². The van der Waals surface area contributed by atoms with Crippen molar-refractivity contribution in [3.8, 4) is 17.7 Å². The Kier molecular flexibility index (Phi) is 9.41. The molecule has 7 nitrogen and oxygen atoms in total. The summed E-state index contributed by atoms with van der Waals surface area (Å²) in [5.74, 6) is 6.45. The van der Waals surface area contributed by atoms with E-state index < -0.39 is 0 Å². The Morgan fingerprint density at radius 3 is 2.68 bits per heavy atom. The fraction of sp³-hybridized carbons (Fsp3) is 0.516. The molecule has 1 N–H and O–H groups in total. The van der Waals surface area contributed by atoms with Gasteiger partial charge in [0.1, 0.15) is 11.7 Å². The van der Waals surface area contributed by atoms with Gasteiger partial charge in [0, 0.05) is 43.6 Å². The Morgan fingerprint density at radius 1 is 1.24 bits per heavy atom. The number of aliphatic hydroxyl groups is 1. The van der Waals surface area contributed by atoms with Crippen LogP contribution in [-0.2, 0) is 11.2 Å². The summed E-state index contributed by atoms with van der Waals surface area (Å²) in [6.07, 6.45) is 7.16. The number of ether oxygens (including phenoxy) is 1. The summed E-state index contributed by atoms with van der Waals surface area (Å²) in [5.41, 5.74) is 2.07. The third-order valence-corrected chi connectivity index (χ3v) is 7.67. The van der Waals surface area contributed by atoms with Crippen LogP contribution in [0.3, 0.4) is 0 Å². The van der Waals surface area contributed by atoms with E-state index in [4.69, 9.17) is 4.74 Å². The summed E-state index contributed by atoms with van der Waals surface area (Å²) in [4.78, 5) is 34.7. The monoisotopic (exact) mass is 517 g/mol. The Hall–Kier alpha value is -3.37. The van der Waals surface area contributed by atoms with Crippen LogP contribution in [0.25, 0.3) is 0 Å². The van der Waals surface area contributed by atoms with Crippen molar-refractivity contribution in [3.05, 3.63) is 59.3 Å². The summed E-state index contributed by atoms with van der Waals surface area (Å²) in [6, 6.07) is 11.3. The van der Waals surface area contributed by atoms with E-state index in [1.807, 2.05) is 51.2 Å². The van der Waals surface area contributed by atoms with Gasteiger partial charge in [-0.3, -0.25) is 9.59 Å². The third kappa shape index (κ3) is 6.73. The van der Waals surface area contributed by atoms with Crippen LogP contribution < -0.4 is 4.74 Å². The lowest BCUT2D eigenvalue weighted by Crippen LogP contribution is -2.51. The second-order valence-electron chi connectivity index (χ2n) is 10.7. The number of likely N-dealkylation sites (N-methyl/N-ethyl adjacent to an activating group) is 1. The van der Waals surface area contributed by atoms with Crippen LogP contribution in [0.1, 0.15) is 67.4 Å². The van der Waals surface area contributed by atoms with E-state index >= 15 is 0 Å². The highest BCUT2D eigenvalue weighted by molar-refractivity contribution is 5.97. The fourth-order valence-corrected chi connectivity index (χ4v) is 5.25. The standard InChI is InChI=1S/C31H39N3O4/c1-22-19-34(23(2)21-35)31(37)27-17-25(14-10-13-24-11-6-4-7-12-24)18-32-29(27)38-28(22)20-33(3)30(36)26-15-8-5-9-16-26/h4,6-7,11-12,17-18,22-23,26,28,35H,5,8-9,13,15-16,19-21H2,1-3H3/t22-,23-,28+/m0/s1. The number of pyridine rings is 1. The van der Waals surface area contributed by atoms with Crippen LogP contribution in [0.5, 0.6) is 5.88 Å². The predicted molar refractivity (Wildman–Crippen MR) is 147 cm³/mol. The predicted octanol–water partition coefficient (Wildman–Crippen LogP) is 3.93. The normalized spacial score (nSPS) is 20.7. The molecule has 0 radical (unpaired) electrons. The molecule has 7 heteroatoms. The van der Waals surface area contributed by atoms with Crippen LogP contribution in [-0.4, -0.2) is 70.6 Å². The number of aliphatic hydroxyl groups excluding tert-OH is 1. The Balaban J connectivity index is 1.58. The van der Waals surface area contributed by atoms with Gasteiger partial charge in [0.15, 0.2) is 0 Å². The quantitative estimate of drug-likeness (QED) is 0.587. The number of nitrogens with zero attached hydrogens (tertiary/aromatic N) is 3. The van der Waals surface area contributed by atoms with Crippen molar-refractivity contribution in [2.24, 2.45) is 11.8 Å². The van der Waals surface area contributed by atoms with Gasteiger partial charge >= 0.3 is 0 Å². The van der Waals surface area contributed by atoms with Gasteiger partial charge in [0.05, 0.1) is 19.2 Å². The molecule has 3 atom stereocenters. The van der Waals surface area contributed by atoms with E-state index in [1.54, 1.807) is 22.1 Å². The van der Waals surface area contributed by atoms with E-state index in [0.29, 0.717) is 30.6 Å². The number of amides is 2. The molecule has 2 aromatic rings. The summed E-state index contributed by atoms with van der Waals surface area (Å²) < 4.78 is 6.36. The molecular formula is C31H39N3O4. The summed E-state index contributed by atoms with van der Waals surface area (Å²) >= 11 is 0. The van der Waals surface area contributed by atoms with E-state index in [0.717, 1.165) is 31.2 Å². The highest BCUT2D eigenvalue weighted by atomic mass is 16.5. The van der Waals surface area contributed by atoms with Crippen molar-refractivity contribution >= 4 is 11.8 Å². The topological polar surface area (TPSA) is 83.0 Å². The molecule has 38 heavy (non-hydrogen) atoms. The molecule has 2 heterocycles. The number of benzene rings is 1. The molecule has 0 spiro atoms. The van der Waals surface area contributed by atoms with E-state index in [1.165, 1.54) is 6.42 Å². The minimum Gasteiger partial charge on any atom is -0.472 e. The van der Waals surface area contributed by atoms with Crippen LogP contribution in [0, 0.1) is 23.7 Å². The minimum absolute atomic E-state index is 0.0742. The first-order valence-electron chi connectivity index (χ1n) is 13.7. The first-order chi connectivity index (χ1) is 18.4. The lowest BCUT2D eigenvalue weighted by atomic mass is 9.88. The highest BCUT2D eigenvalue weighted by Crippen LogP contribution is 2.29. The molecule has 1 aliphatic carbocycles. The average Bonchev–Trinajstić information content (AvgIpc) is 2.95. The maximum absolute atomic E-state index is 13.6. The fourth-order valence-electron chi connectivity index (χ4n) is 5.25. The number of hydrogen-bond acceptors (Lipinski definition) is 5. The van der Waals surface area contributed by atoms with Crippen LogP contribution in [0.4, 0.5) is 0 Å². The SMILES string of the molecule is C[C@H]1CN([C@@H](C)CO)C(=O)c2cc(C#CCc3ccccc3)cnc2O[C@@H]1CN(C)C(=O)C1CCCCC1. The van der Waals surface area contributed by atoms with Gasteiger partial charge in [-0.25, -0.2) is 4.98 Å². The van der Waals surface area contributed by atoms with E-state index in [-0.39, 0.29) is 48.3 Å². The lowest BCUT2D eigenvalue weighted by Gasteiger charge is -2.38. The lowest BCUT2D eigenvalue weighted by molar-refractivity contribution is -0.136. The summed E-state index contributed by atoms with van der Waals surface area (Å²) in [6.45, 7) is 4.51. The molecule has 1 saturated carbocycles. The number of aromatic nitrogens is 1. The third-order valence-electron chi connectivity index (χ3n) is 7.67. The maximum Gasteiger partial charge on any atom is 0.259 e. The first-order valence-corrected chi connectivity index (χ1v) is 13.7. The highest BCUT2D eigenvalue weighted by Gasteiger charge is 2.35. The molecule has 1 fully saturated rings. The molecule has 0 bridgehead atoms. The Labute approximate surface area is 226 Å². The zero-order valence-corrected chi connectivity index (χ0v) is 22.7. The van der Waals surface area contributed by atoms with Crippen molar-refractivity contribution in [3.63, 3.8) is 0 Å². The van der Waals surface area contributed by atoms with Crippen molar-refractivity contribution in [1.82, 2.24) is 14.8 Å². The number of hydrogen-bond donors (Lipinski definition) is 1. The molecule has 0 saturated heterocycles. The van der Waals surface area contributed by atoms with Crippen molar-refractivity contribution < 1.29 is 19.4 Å². The van der Waals surface area contributed by atoms with Gasteiger partial charge in [0.2, 0.25) is 11.8 Å². The molecule has 1 aromatic carbocycles. The van der Waals surface area contributed by atoms with Gasteiger partial charge in [-0.2, -0.15) is 0 Å². The Bertz CT molecular complexity index is 1170. The second kappa shape index (κ2) is 12.9. The first kappa shape index (κ1) is 27.7. The maximum atomic E-state index is 13.6. The smallest absolute Gasteiger partial charge is 0.259 e. The number of rotatable bonds is 6. The van der Waals surface area contributed by atoms with Crippen molar-refractivity contribution in [1.29, 1.82) is 0 Å². The van der Waals surface area contributed by atoms with Crippen LogP contribution in [0.15, 0.2) is 42.6 Å². The van der Waals surface area contributed by atoms with Crippen LogP contribution >= 0.6 is 0 Å². The van der Waals surface area contributed by atoms with Crippen molar-refractivity contribution in [2.75, 3.05) is 26.7 Å². The molecule has 0 unspecified atom stereocenters. The van der Waals surface area contributed by atoms with Crippen LogP contribution in [0.2, 0.25) is 0 Å². The average molecular weight is 518 g/mol. The van der Waals surface area contributed by atoms with Gasteiger partial charge in [-0.05, 0) is 31.4 Å². The second-order valence-corrected chi connectivity index (χ2v) is 10.7. The van der Waals surface area contributed by atoms with Gasteiger partial charge in [0.25, 0.3) is 5.91 Å². The van der Waals surface area contributed by atoms with E-state index in [2.05, 4.69) is 16.8 Å². The van der Waals surface area contributed by atoms with Gasteiger partial charge in [-0.1, -0.05) is 68.4 Å². The molecule has 2 amide bonds. The zero-order chi connectivity index (χ0) is 27.1. The molecule has 4 rings (SSSR count). The summed E-state index contributed by atoms with van der Waals surface area (Å²) in [7, 11) is 1.84. The Morgan fingerprint density at radius 2 is 1.97 bits per heavy atom. The largest absolute Gasteiger partial charge is 0.472 e. The van der Waals surface area contributed by atoms with Gasteiger partial charge in [-0.15, -0.1) is 0 Å². The number of carbonyl (C=O) groups is 2.